The van der Waals surface area contributed by atoms with Crippen molar-refractivity contribution in [1.82, 2.24) is 5.32 Å². The predicted octanol–water partition coefficient (Wildman–Crippen LogP) is 0.315. The minimum atomic E-state index is -3.48. The van der Waals surface area contributed by atoms with E-state index >= 15 is 0 Å². The lowest BCUT2D eigenvalue weighted by molar-refractivity contribution is -0.119. The van der Waals surface area contributed by atoms with Crippen molar-refractivity contribution in [2.24, 2.45) is 0 Å². The number of carbonyl (C=O) groups is 1. The Kier molecular flexibility index (Phi) is 5.29. The lowest BCUT2D eigenvalue weighted by Crippen LogP contribution is -2.41. The summed E-state index contributed by atoms with van der Waals surface area (Å²) in [4.78, 5) is 10.8. The van der Waals surface area contributed by atoms with Crippen LogP contribution in [0.25, 0.3) is 0 Å². The third-order valence-electron chi connectivity index (χ3n) is 1.66. The van der Waals surface area contributed by atoms with Crippen molar-refractivity contribution in [1.29, 1.82) is 0 Å². The van der Waals surface area contributed by atoms with E-state index in [1.807, 2.05) is 0 Å². The molecule has 0 rings (SSSR count). The number of hydrogen-bond acceptors (Lipinski definition) is 5. The molecule has 84 valence electrons. The molecule has 6 nitrogen and oxygen atoms in total. The van der Waals surface area contributed by atoms with Gasteiger partial charge in [-0.25, -0.2) is 0 Å². The highest BCUT2D eigenvalue weighted by Gasteiger charge is 2.38. The van der Waals surface area contributed by atoms with Gasteiger partial charge < -0.3 is 19.5 Å². The smallest absolute Gasteiger partial charge is 0.354 e. The van der Waals surface area contributed by atoms with Crippen molar-refractivity contribution < 1.29 is 23.5 Å². The number of aliphatic hydroxyl groups excluding tert-OH is 1. The van der Waals surface area contributed by atoms with Gasteiger partial charge >= 0.3 is 7.60 Å². The molecule has 0 aliphatic heterocycles. The van der Waals surface area contributed by atoms with Gasteiger partial charge in [0, 0.05) is 21.1 Å². The van der Waals surface area contributed by atoms with Gasteiger partial charge in [-0.3, -0.25) is 9.36 Å². The van der Waals surface area contributed by atoms with Crippen LogP contribution >= 0.6 is 7.60 Å². The topological polar surface area (TPSA) is 84.9 Å². The second-order valence-corrected chi connectivity index (χ2v) is 5.16. The van der Waals surface area contributed by atoms with Gasteiger partial charge in [-0.2, -0.15) is 0 Å². The highest BCUT2D eigenvalue weighted by atomic mass is 31.2. The van der Waals surface area contributed by atoms with E-state index in [1.54, 1.807) is 0 Å². The molecule has 14 heavy (non-hydrogen) atoms. The molecular formula is C7H16NO5P. The monoisotopic (exact) mass is 225 g/mol. The van der Waals surface area contributed by atoms with Gasteiger partial charge in [0.15, 0.2) is 5.78 Å². The molecule has 2 N–H and O–H groups in total. The van der Waals surface area contributed by atoms with Crippen LogP contribution in [0.2, 0.25) is 0 Å². The first-order valence-electron chi connectivity index (χ1n) is 4.03. The molecule has 0 aliphatic carbocycles. The maximum Gasteiger partial charge on any atom is 0.354 e. The first-order valence-corrected chi connectivity index (χ1v) is 5.65. The van der Waals surface area contributed by atoms with Crippen LogP contribution in [-0.4, -0.2) is 37.1 Å². The van der Waals surface area contributed by atoms with E-state index in [2.05, 4.69) is 14.4 Å². The van der Waals surface area contributed by atoms with Crippen molar-refractivity contribution in [3.63, 3.8) is 0 Å². The summed E-state index contributed by atoms with van der Waals surface area (Å²) < 4.78 is 21.1. The summed E-state index contributed by atoms with van der Waals surface area (Å²) in [7, 11) is -1.09. The Morgan fingerprint density at radius 1 is 1.43 bits per heavy atom. The van der Waals surface area contributed by atoms with Gasteiger partial charge in [0.2, 0.25) is 5.91 Å². The highest BCUT2D eigenvalue weighted by molar-refractivity contribution is 7.54. The lowest BCUT2D eigenvalue weighted by atomic mass is 10.4. The molecule has 0 saturated heterocycles. The lowest BCUT2D eigenvalue weighted by Gasteiger charge is -2.26. The number of carbonyl (C=O) groups excluding carboxylic acids is 1. The van der Waals surface area contributed by atoms with Crippen molar-refractivity contribution in [2.45, 2.75) is 25.7 Å². The Bertz CT molecular complexity index is 234. The van der Waals surface area contributed by atoms with Crippen LogP contribution in [0.5, 0.6) is 0 Å². The van der Waals surface area contributed by atoms with Crippen molar-refractivity contribution >= 4 is 13.5 Å². The first-order chi connectivity index (χ1) is 6.37. The van der Waals surface area contributed by atoms with E-state index in [0.717, 1.165) is 0 Å². The van der Waals surface area contributed by atoms with E-state index in [-0.39, 0.29) is 0 Å². The zero-order valence-electron chi connectivity index (χ0n) is 8.68. The van der Waals surface area contributed by atoms with Gasteiger partial charge in [0.25, 0.3) is 0 Å². The average Bonchev–Trinajstić information content (AvgIpc) is 2.12. The quantitative estimate of drug-likeness (QED) is 0.658. The van der Waals surface area contributed by atoms with Crippen LogP contribution in [0, 0.1) is 0 Å². The molecule has 2 atom stereocenters. The van der Waals surface area contributed by atoms with E-state index in [4.69, 9.17) is 0 Å². The summed E-state index contributed by atoms with van der Waals surface area (Å²) in [6, 6.07) is 0. The maximum atomic E-state index is 11.8. The minimum Gasteiger partial charge on any atom is -0.391 e. The second kappa shape index (κ2) is 5.46. The molecule has 0 fully saturated rings. The third kappa shape index (κ3) is 3.38. The number of rotatable bonds is 5. The fraction of sp³-hybridized carbons (Fsp3) is 0.857. The van der Waals surface area contributed by atoms with E-state index < -0.39 is 25.4 Å². The van der Waals surface area contributed by atoms with Gasteiger partial charge in [-0.05, 0) is 6.92 Å². The Morgan fingerprint density at radius 3 is 2.07 bits per heavy atom. The predicted molar refractivity (Wildman–Crippen MR) is 50.9 cm³/mol. The fourth-order valence-electron chi connectivity index (χ4n) is 0.974. The van der Waals surface area contributed by atoms with Crippen LogP contribution in [0.3, 0.4) is 0 Å². The van der Waals surface area contributed by atoms with Crippen molar-refractivity contribution in [2.75, 3.05) is 14.2 Å². The van der Waals surface area contributed by atoms with Gasteiger partial charge in [-0.15, -0.1) is 0 Å². The summed E-state index contributed by atoms with van der Waals surface area (Å²) in [5, 5.41) is 11.6. The number of hydrogen-bond donors (Lipinski definition) is 2. The average molecular weight is 225 g/mol. The van der Waals surface area contributed by atoms with E-state index in [1.165, 1.54) is 28.1 Å². The second-order valence-electron chi connectivity index (χ2n) is 2.79. The summed E-state index contributed by atoms with van der Waals surface area (Å²) >= 11 is 0. The van der Waals surface area contributed by atoms with E-state index in [0.29, 0.717) is 0 Å². The largest absolute Gasteiger partial charge is 0.391 e. The van der Waals surface area contributed by atoms with Gasteiger partial charge in [-0.1, -0.05) is 0 Å². The Hall–Kier alpha value is -0.420. The zero-order valence-corrected chi connectivity index (χ0v) is 9.58. The molecule has 0 radical (unpaired) electrons. The molecule has 0 unspecified atom stereocenters. The number of nitrogens with one attached hydrogen (secondary N) is 1. The summed E-state index contributed by atoms with van der Waals surface area (Å²) in [5.41, 5.74) is 0. The Labute approximate surface area is 83.1 Å². The Balaban J connectivity index is 4.79. The molecule has 0 heterocycles. The van der Waals surface area contributed by atoms with Gasteiger partial charge in [0.1, 0.15) is 0 Å². The number of amides is 1. The zero-order chi connectivity index (χ0) is 11.4. The molecule has 1 amide bonds. The minimum absolute atomic E-state index is 0.412. The number of aliphatic hydroxyl groups is 1. The Morgan fingerprint density at radius 2 is 1.86 bits per heavy atom. The molecule has 0 aromatic carbocycles. The van der Waals surface area contributed by atoms with Crippen molar-refractivity contribution in [3.05, 3.63) is 0 Å². The van der Waals surface area contributed by atoms with E-state index in [9.17, 15) is 14.5 Å². The molecule has 0 spiro atoms. The summed E-state index contributed by atoms with van der Waals surface area (Å²) in [5.74, 6) is -1.46. The molecule has 0 saturated carbocycles. The van der Waals surface area contributed by atoms with Crippen molar-refractivity contribution in [3.8, 4) is 0 Å². The molecule has 0 aliphatic rings. The third-order valence-corrected chi connectivity index (χ3v) is 3.92. The van der Waals surface area contributed by atoms with Crippen LogP contribution in [-0.2, 0) is 18.4 Å². The normalized spacial score (nSPS) is 16.1. The molecule has 0 bridgehead atoms. The molecule has 7 heteroatoms. The van der Waals surface area contributed by atoms with Crippen LogP contribution in [0.1, 0.15) is 13.8 Å². The molecule has 0 aromatic heterocycles. The van der Waals surface area contributed by atoms with Gasteiger partial charge in [0.05, 0.1) is 6.10 Å². The fourth-order valence-corrected chi connectivity index (χ4v) is 2.45. The maximum absolute atomic E-state index is 11.8. The summed E-state index contributed by atoms with van der Waals surface area (Å²) in [6.45, 7) is 2.65. The summed E-state index contributed by atoms with van der Waals surface area (Å²) in [6.07, 6.45) is -1.02. The van der Waals surface area contributed by atoms with Crippen LogP contribution < -0.4 is 5.32 Å². The SMILES string of the molecule is COP(=O)(OC)[C@H](NC(C)=O)[C@H](C)O. The van der Waals surface area contributed by atoms with Crippen LogP contribution in [0.15, 0.2) is 0 Å². The molecular weight excluding hydrogens is 209 g/mol. The highest BCUT2D eigenvalue weighted by Crippen LogP contribution is 2.51. The first kappa shape index (κ1) is 13.6. The standard InChI is InChI=1S/C7H16NO5P/c1-5(9)7(8-6(2)10)14(11,12-3)13-4/h5,7,9H,1-4H3,(H,8,10)/t5-,7-/m0/s1. The van der Waals surface area contributed by atoms with Crippen LogP contribution in [0.4, 0.5) is 0 Å². The molecule has 0 aromatic rings.